The van der Waals surface area contributed by atoms with Crippen LogP contribution in [0.3, 0.4) is 0 Å². The van der Waals surface area contributed by atoms with Crippen LogP contribution < -0.4 is 0 Å². The third-order valence-corrected chi connectivity index (χ3v) is 3.09. The fourth-order valence-corrected chi connectivity index (χ4v) is 1.81. The summed E-state index contributed by atoms with van der Waals surface area (Å²) in [6.45, 7) is -0.590. The van der Waals surface area contributed by atoms with E-state index in [4.69, 9.17) is 4.74 Å². The number of furan rings is 1. The van der Waals surface area contributed by atoms with Crippen LogP contribution in [0.25, 0.3) is 0 Å². The van der Waals surface area contributed by atoms with Crippen LogP contribution in [0.1, 0.15) is 16.1 Å². The van der Waals surface area contributed by atoms with Crippen molar-refractivity contribution in [3.8, 4) is 0 Å². The number of benzene rings is 1. The van der Waals surface area contributed by atoms with Crippen molar-refractivity contribution in [2.75, 3.05) is 13.7 Å². The molecule has 2 rings (SSSR count). The Labute approximate surface area is 135 Å². The second-order valence-electron chi connectivity index (χ2n) is 4.81. The Hall–Kier alpha value is -3.23. The lowest BCUT2D eigenvalue weighted by Gasteiger charge is -2.17. The molecule has 8 nitrogen and oxygen atoms in total. The third-order valence-electron chi connectivity index (χ3n) is 3.09. The van der Waals surface area contributed by atoms with E-state index >= 15 is 0 Å². The van der Waals surface area contributed by atoms with Gasteiger partial charge in [-0.25, -0.2) is 9.18 Å². The van der Waals surface area contributed by atoms with E-state index in [1.165, 1.54) is 30.1 Å². The predicted molar refractivity (Wildman–Crippen MR) is 78.5 cm³/mol. The Bertz CT molecular complexity index is 773. The summed E-state index contributed by atoms with van der Waals surface area (Å²) < 4.78 is 22.9. The molecule has 0 aliphatic heterocycles. The number of nitrogens with zero attached hydrogens (tertiary/aromatic N) is 2. The van der Waals surface area contributed by atoms with Gasteiger partial charge in [0.2, 0.25) is 5.76 Å². The van der Waals surface area contributed by atoms with Gasteiger partial charge in [0.1, 0.15) is 10.7 Å². The molecule has 0 fully saturated rings. The Morgan fingerprint density at radius 2 is 2.00 bits per heavy atom. The molecule has 0 unspecified atom stereocenters. The van der Waals surface area contributed by atoms with Gasteiger partial charge in [-0.2, -0.15) is 0 Å². The number of likely N-dealkylation sites (N-methyl/N-ethyl adjacent to an activating group) is 1. The van der Waals surface area contributed by atoms with E-state index in [2.05, 4.69) is 4.42 Å². The maximum Gasteiger partial charge on any atom is 0.433 e. The number of hydrogen-bond donors (Lipinski definition) is 0. The summed E-state index contributed by atoms with van der Waals surface area (Å²) >= 11 is 0. The van der Waals surface area contributed by atoms with Crippen LogP contribution in [-0.2, 0) is 16.1 Å². The first-order valence-electron chi connectivity index (χ1n) is 6.77. The maximum atomic E-state index is 13.5. The fourth-order valence-electron chi connectivity index (χ4n) is 1.81. The molecule has 0 saturated carbocycles. The molecular weight excluding hydrogens is 323 g/mol. The average molecular weight is 336 g/mol. The second-order valence-corrected chi connectivity index (χ2v) is 4.81. The van der Waals surface area contributed by atoms with Crippen molar-refractivity contribution in [1.82, 2.24) is 4.90 Å². The summed E-state index contributed by atoms with van der Waals surface area (Å²) in [5.41, 5.74) is 0.321. The number of hydrogen-bond acceptors (Lipinski definition) is 6. The lowest BCUT2D eigenvalue weighted by molar-refractivity contribution is -0.402. The summed E-state index contributed by atoms with van der Waals surface area (Å²) in [5, 5.41) is 10.5. The van der Waals surface area contributed by atoms with Crippen molar-refractivity contribution in [2.24, 2.45) is 0 Å². The largest absolute Gasteiger partial charge is 0.450 e. The Morgan fingerprint density at radius 1 is 1.29 bits per heavy atom. The number of ether oxygens (including phenoxy) is 1. The molecule has 24 heavy (non-hydrogen) atoms. The molecule has 0 bridgehead atoms. The minimum absolute atomic E-state index is 0.00921. The lowest BCUT2D eigenvalue weighted by Crippen LogP contribution is -2.31. The van der Waals surface area contributed by atoms with Crippen molar-refractivity contribution in [3.63, 3.8) is 0 Å². The van der Waals surface area contributed by atoms with Gasteiger partial charge in [-0.05, 0) is 12.1 Å². The molecule has 0 aliphatic carbocycles. The van der Waals surface area contributed by atoms with Gasteiger partial charge in [0.25, 0.3) is 5.91 Å². The van der Waals surface area contributed by atoms with Crippen LogP contribution in [0.4, 0.5) is 10.3 Å². The molecule has 0 N–H and O–H groups in total. The van der Waals surface area contributed by atoms with Crippen molar-refractivity contribution < 1.29 is 28.1 Å². The van der Waals surface area contributed by atoms with Gasteiger partial charge in [0, 0.05) is 19.2 Å². The first kappa shape index (κ1) is 17.1. The van der Waals surface area contributed by atoms with E-state index in [-0.39, 0.29) is 12.3 Å². The second kappa shape index (κ2) is 7.36. The molecule has 1 heterocycles. The van der Waals surface area contributed by atoms with Gasteiger partial charge >= 0.3 is 11.9 Å². The van der Waals surface area contributed by atoms with E-state index in [1.807, 2.05) is 0 Å². The zero-order valence-electron chi connectivity index (χ0n) is 12.6. The minimum Gasteiger partial charge on any atom is -0.450 e. The highest BCUT2D eigenvalue weighted by atomic mass is 19.1. The summed E-state index contributed by atoms with van der Waals surface area (Å²) in [6.07, 6.45) is 0. The van der Waals surface area contributed by atoms with E-state index < -0.39 is 35.1 Å². The molecule has 2 aromatic rings. The average Bonchev–Trinajstić information content (AvgIpc) is 3.04. The molecule has 0 atom stereocenters. The molecule has 0 saturated heterocycles. The van der Waals surface area contributed by atoms with Crippen LogP contribution in [0.15, 0.2) is 40.8 Å². The summed E-state index contributed by atoms with van der Waals surface area (Å²) in [6, 6.07) is 8.06. The summed E-state index contributed by atoms with van der Waals surface area (Å²) in [5.74, 6) is -3.00. The molecule has 0 spiro atoms. The predicted octanol–water partition coefficient (Wildman–Crippen LogP) is 2.14. The topological polar surface area (TPSA) is 103 Å². The van der Waals surface area contributed by atoms with Crippen LogP contribution in [0, 0.1) is 15.9 Å². The summed E-state index contributed by atoms with van der Waals surface area (Å²) in [4.78, 5) is 34.4. The van der Waals surface area contributed by atoms with E-state index in [1.54, 1.807) is 6.07 Å². The number of carbonyl (C=O) groups excluding carboxylic acids is 2. The van der Waals surface area contributed by atoms with Crippen LogP contribution in [-0.4, -0.2) is 35.4 Å². The molecule has 1 amide bonds. The SMILES string of the molecule is CN(Cc1ccccc1F)C(=O)COC(=O)c1ccc([N+](=O)[O-])o1. The number of amides is 1. The summed E-state index contributed by atoms with van der Waals surface area (Å²) in [7, 11) is 1.43. The monoisotopic (exact) mass is 336 g/mol. The molecule has 1 aromatic carbocycles. The zero-order valence-corrected chi connectivity index (χ0v) is 12.6. The first-order valence-corrected chi connectivity index (χ1v) is 6.77. The standard InChI is InChI=1S/C15H13FN2O6/c1-17(8-10-4-2-3-5-11(10)16)13(19)9-23-15(20)12-6-7-14(24-12)18(21)22/h2-7H,8-9H2,1H3. The number of esters is 1. The maximum absolute atomic E-state index is 13.5. The van der Waals surface area contributed by atoms with Crippen LogP contribution in [0.5, 0.6) is 0 Å². The van der Waals surface area contributed by atoms with Gasteiger partial charge in [-0.1, -0.05) is 18.2 Å². The third kappa shape index (κ3) is 4.15. The normalized spacial score (nSPS) is 10.2. The van der Waals surface area contributed by atoms with Crippen molar-refractivity contribution >= 4 is 17.8 Å². The van der Waals surface area contributed by atoms with Gasteiger partial charge in [0.15, 0.2) is 6.61 Å². The molecule has 126 valence electrons. The fraction of sp³-hybridized carbons (Fsp3) is 0.200. The van der Waals surface area contributed by atoms with Gasteiger partial charge in [0.05, 0.1) is 6.07 Å². The minimum atomic E-state index is -1.00. The number of carbonyl (C=O) groups is 2. The molecule has 1 aromatic heterocycles. The van der Waals surface area contributed by atoms with Gasteiger partial charge in [-0.15, -0.1) is 0 Å². The quantitative estimate of drug-likeness (QED) is 0.455. The Morgan fingerprint density at radius 3 is 2.62 bits per heavy atom. The molecule has 0 radical (unpaired) electrons. The van der Waals surface area contributed by atoms with E-state index in [9.17, 15) is 24.1 Å². The Balaban J connectivity index is 1.88. The highest BCUT2D eigenvalue weighted by molar-refractivity contribution is 5.89. The van der Waals surface area contributed by atoms with Gasteiger partial charge < -0.3 is 14.1 Å². The molecule has 0 aliphatic rings. The highest BCUT2D eigenvalue weighted by Gasteiger charge is 2.20. The molecule has 9 heteroatoms. The smallest absolute Gasteiger partial charge is 0.433 e. The van der Waals surface area contributed by atoms with Crippen LogP contribution in [0.2, 0.25) is 0 Å². The van der Waals surface area contributed by atoms with Crippen molar-refractivity contribution in [3.05, 3.63) is 63.7 Å². The highest BCUT2D eigenvalue weighted by Crippen LogP contribution is 2.16. The molecular formula is C15H13FN2O6. The van der Waals surface area contributed by atoms with Crippen molar-refractivity contribution in [1.29, 1.82) is 0 Å². The number of rotatable bonds is 6. The lowest BCUT2D eigenvalue weighted by atomic mass is 10.2. The van der Waals surface area contributed by atoms with E-state index in [0.29, 0.717) is 5.56 Å². The zero-order chi connectivity index (χ0) is 17.7. The van der Waals surface area contributed by atoms with Gasteiger partial charge in [-0.3, -0.25) is 14.9 Å². The number of halogens is 1. The van der Waals surface area contributed by atoms with Crippen molar-refractivity contribution in [2.45, 2.75) is 6.54 Å². The number of nitro groups is 1. The van der Waals surface area contributed by atoms with Crippen LogP contribution >= 0.6 is 0 Å². The first-order chi connectivity index (χ1) is 11.4. The van der Waals surface area contributed by atoms with E-state index in [0.717, 1.165) is 12.1 Å². The Kier molecular flexibility index (Phi) is 5.25.